The zero-order valence-corrected chi connectivity index (χ0v) is 16.5. The molecule has 131 valence electrons. The van der Waals surface area contributed by atoms with E-state index in [2.05, 4.69) is 25.3 Å². The van der Waals surface area contributed by atoms with Crippen molar-refractivity contribution in [2.45, 2.75) is 13.1 Å². The van der Waals surface area contributed by atoms with Gasteiger partial charge in [0.25, 0.3) is 0 Å². The van der Waals surface area contributed by atoms with Crippen molar-refractivity contribution in [1.29, 1.82) is 0 Å². The van der Waals surface area contributed by atoms with Crippen LogP contribution < -0.4 is 42.5 Å². The Balaban J connectivity index is 0.00000144. The molecule has 0 unspecified atom stereocenters. The van der Waals surface area contributed by atoms with Crippen LogP contribution in [0.15, 0.2) is 48.5 Å². The Morgan fingerprint density at radius 1 is 0.680 bits per heavy atom. The molecule has 4 rings (SSSR count). The van der Waals surface area contributed by atoms with E-state index in [1.807, 2.05) is 48.5 Å². The van der Waals surface area contributed by atoms with Crippen LogP contribution in [0, 0.1) is 0 Å². The van der Waals surface area contributed by atoms with Crippen LogP contribution in [0.4, 0.5) is 0 Å². The summed E-state index contributed by atoms with van der Waals surface area (Å²) >= 11 is 0. The smallest absolute Gasteiger partial charge is 1.00 e. The Bertz CT molecular complexity index is 769. The predicted molar refractivity (Wildman–Crippen MR) is 82.7 cm³/mol. The summed E-state index contributed by atoms with van der Waals surface area (Å²) in [4.78, 5) is 15.7. The molecule has 0 amide bonds. The molecule has 0 aliphatic carbocycles. The molecular formula is C16H15Cl3CrN5. The average Bonchev–Trinajstić information content (AvgIpc) is 3.09. The van der Waals surface area contributed by atoms with Crippen molar-refractivity contribution >= 4 is 22.1 Å². The summed E-state index contributed by atoms with van der Waals surface area (Å²) in [5, 5.41) is 3.35. The number of para-hydroxylation sites is 4. The molecule has 5 nitrogen and oxygen atoms in total. The third kappa shape index (κ3) is 5.36. The van der Waals surface area contributed by atoms with Gasteiger partial charge in [-0.3, -0.25) is 0 Å². The summed E-state index contributed by atoms with van der Waals surface area (Å²) in [5.74, 6) is 1.87. The largest absolute Gasteiger partial charge is 3.00 e. The molecule has 0 atom stereocenters. The molecular weight excluding hydrogens is 421 g/mol. The van der Waals surface area contributed by atoms with E-state index < -0.39 is 0 Å². The number of hydrogen-bond acceptors (Lipinski definition) is 3. The van der Waals surface area contributed by atoms with Crippen molar-refractivity contribution in [1.82, 2.24) is 25.3 Å². The van der Waals surface area contributed by atoms with Gasteiger partial charge >= 0.3 is 17.4 Å². The van der Waals surface area contributed by atoms with Gasteiger partial charge in [0, 0.05) is 0 Å². The number of H-pyrrole nitrogens is 2. The number of benzene rings is 2. The van der Waals surface area contributed by atoms with E-state index in [1.54, 1.807) is 0 Å². The molecule has 9 heteroatoms. The first kappa shape index (κ1) is 23.7. The van der Waals surface area contributed by atoms with Crippen molar-refractivity contribution in [3.8, 4) is 0 Å². The fraction of sp³-hybridized carbons (Fsp3) is 0.125. The van der Waals surface area contributed by atoms with E-state index in [0.717, 1.165) is 33.7 Å². The molecule has 0 spiro atoms. The van der Waals surface area contributed by atoms with Gasteiger partial charge in [-0.05, 0) is 24.3 Å². The van der Waals surface area contributed by atoms with Gasteiger partial charge in [-0.2, -0.15) is 0 Å². The van der Waals surface area contributed by atoms with Crippen molar-refractivity contribution in [2.24, 2.45) is 0 Å². The van der Waals surface area contributed by atoms with E-state index in [4.69, 9.17) is 0 Å². The summed E-state index contributed by atoms with van der Waals surface area (Å²) in [7, 11) is 0. The second kappa shape index (κ2) is 10.7. The summed E-state index contributed by atoms with van der Waals surface area (Å²) < 4.78 is 0. The monoisotopic (exact) mass is 434 g/mol. The van der Waals surface area contributed by atoms with Gasteiger partial charge in [-0.1, -0.05) is 24.3 Å². The van der Waals surface area contributed by atoms with E-state index in [0.29, 0.717) is 13.1 Å². The summed E-state index contributed by atoms with van der Waals surface area (Å²) in [6.07, 6.45) is 0. The topological polar surface area (TPSA) is 69.4 Å². The molecule has 0 saturated heterocycles. The van der Waals surface area contributed by atoms with Crippen molar-refractivity contribution in [3.05, 3.63) is 60.2 Å². The number of halogens is 3. The Morgan fingerprint density at radius 2 is 1.08 bits per heavy atom. The van der Waals surface area contributed by atoms with Crippen LogP contribution >= 0.6 is 0 Å². The third-order valence-electron chi connectivity index (χ3n) is 3.46. The van der Waals surface area contributed by atoms with Crippen molar-refractivity contribution in [2.75, 3.05) is 0 Å². The Hall–Kier alpha value is -1.26. The van der Waals surface area contributed by atoms with Crippen LogP contribution in [0.3, 0.4) is 0 Å². The quantitative estimate of drug-likeness (QED) is 0.299. The van der Waals surface area contributed by atoms with Gasteiger partial charge in [0.2, 0.25) is 0 Å². The van der Waals surface area contributed by atoms with Crippen LogP contribution in [-0.2, 0) is 30.5 Å². The molecule has 0 saturated carbocycles. The number of nitrogens with zero attached hydrogens (tertiary/aromatic N) is 2. The molecule has 0 fully saturated rings. The van der Waals surface area contributed by atoms with Gasteiger partial charge in [0.1, 0.15) is 11.6 Å². The Kier molecular flexibility index (Phi) is 10.1. The van der Waals surface area contributed by atoms with E-state index in [1.165, 1.54) is 0 Å². The Labute approximate surface area is 174 Å². The number of imidazole rings is 2. The maximum Gasteiger partial charge on any atom is 3.00 e. The van der Waals surface area contributed by atoms with Crippen LogP contribution in [0.25, 0.3) is 22.1 Å². The van der Waals surface area contributed by atoms with Gasteiger partial charge in [0.15, 0.2) is 0 Å². The Morgan fingerprint density at radius 3 is 1.48 bits per heavy atom. The second-order valence-corrected chi connectivity index (χ2v) is 5.00. The first-order chi connectivity index (χ1) is 10.4. The fourth-order valence-corrected chi connectivity index (χ4v) is 2.48. The molecule has 0 aliphatic heterocycles. The summed E-state index contributed by atoms with van der Waals surface area (Å²) in [5.41, 5.74) is 4.13. The van der Waals surface area contributed by atoms with Gasteiger partial charge in [0.05, 0.1) is 35.2 Å². The summed E-state index contributed by atoms with van der Waals surface area (Å²) in [6, 6.07) is 16.1. The number of aromatic nitrogens is 4. The van der Waals surface area contributed by atoms with Crippen LogP contribution in [-0.4, -0.2) is 19.9 Å². The first-order valence-electron chi connectivity index (χ1n) is 6.96. The standard InChI is InChI=1S/C16H15N5.3ClH.Cr/c1-2-6-12-11(5-1)18-15(19-12)9-17-10-16-20-13-7-3-4-8-14(13)21-16;;;;/h1-8,17H,9-10H2,(H,18,19)(H,20,21);3*1H;/q;;;;+3/p-3. The normalized spacial score (nSPS) is 9.60. The number of aromatic amines is 2. The molecule has 4 aromatic rings. The molecule has 2 aromatic carbocycles. The summed E-state index contributed by atoms with van der Waals surface area (Å²) in [6.45, 7) is 1.37. The van der Waals surface area contributed by atoms with Crippen LogP contribution in [0.1, 0.15) is 11.6 Å². The van der Waals surface area contributed by atoms with Crippen LogP contribution in [0.2, 0.25) is 0 Å². The minimum Gasteiger partial charge on any atom is -1.00 e. The van der Waals surface area contributed by atoms with Gasteiger partial charge in [-0.25, -0.2) is 9.97 Å². The second-order valence-electron chi connectivity index (χ2n) is 5.00. The third-order valence-corrected chi connectivity index (χ3v) is 3.46. The van der Waals surface area contributed by atoms with E-state index >= 15 is 0 Å². The maximum absolute atomic E-state index is 4.54. The minimum absolute atomic E-state index is 0. The van der Waals surface area contributed by atoms with Crippen molar-refractivity contribution in [3.63, 3.8) is 0 Å². The molecule has 3 N–H and O–H groups in total. The molecule has 1 radical (unpaired) electrons. The van der Waals surface area contributed by atoms with Crippen molar-refractivity contribution < 1.29 is 54.6 Å². The maximum atomic E-state index is 4.54. The number of fused-ring (bicyclic) bond motifs is 2. The van der Waals surface area contributed by atoms with E-state index in [-0.39, 0.29) is 54.6 Å². The fourth-order valence-electron chi connectivity index (χ4n) is 2.48. The molecule has 2 aromatic heterocycles. The molecule has 0 bridgehead atoms. The SMILES string of the molecule is [Cl-].[Cl-].[Cl-].[Cr+3].c1ccc2[nH]c(CNCc3nc4ccccc4[nH]3)nc2c1. The van der Waals surface area contributed by atoms with Crippen LogP contribution in [0.5, 0.6) is 0 Å². The average molecular weight is 436 g/mol. The number of rotatable bonds is 4. The van der Waals surface area contributed by atoms with Gasteiger partial charge < -0.3 is 52.5 Å². The zero-order chi connectivity index (χ0) is 14.1. The number of hydrogen-bond donors (Lipinski definition) is 3. The van der Waals surface area contributed by atoms with Gasteiger partial charge in [-0.15, -0.1) is 0 Å². The molecule has 25 heavy (non-hydrogen) atoms. The number of nitrogens with one attached hydrogen (secondary N) is 3. The molecule has 0 aliphatic rings. The predicted octanol–water partition coefficient (Wildman–Crippen LogP) is -6.26. The zero-order valence-electron chi connectivity index (χ0n) is 13.0. The molecule has 2 heterocycles. The minimum atomic E-state index is 0. The van der Waals surface area contributed by atoms with E-state index in [9.17, 15) is 0 Å². The first-order valence-corrected chi connectivity index (χ1v) is 6.96.